The highest BCUT2D eigenvalue weighted by Crippen LogP contribution is 2.11. The maximum Gasteiger partial charge on any atom is 0.248 e. The Balaban J connectivity index is 4.09. The molecule has 0 saturated carbocycles. The molecule has 1 amide bonds. The maximum atomic E-state index is 11.1. The molecule has 0 fully saturated rings. The molecule has 0 radical (unpaired) electrons. The van der Waals surface area contributed by atoms with Crippen LogP contribution in [0.5, 0.6) is 0 Å². The van der Waals surface area contributed by atoms with E-state index >= 15 is 0 Å². The number of carbonyl (C=O) groups is 1. The van der Waals surface area contributed by atoms with Crippen LogP contribution in [0.1, 0.15) is 34.1 Å². The lowest BCUT2D eigenvalue weighted by Gasteiger charge is -2.28. The highest BCUT2D eigenvalue weighted by Gasteiger charge is 2.23. The van der Waals surface area contributed by atoms with Gasteiger partial charge in [-0.2, -0.15) is 0 Å². The van der Waals surface area contributed by atoms with Gasteiger partial charge in [-0.25, -0.2) is 0 Å². The standard InChI is InChI=1S/C9H19NO3/c1-6(11)5-9(3,4)10-8(13)7(2)12/h6-7,11-12H,5H2,1-4H3,(H,10,13)/t6-,7-/m1/s1. The van der Waals surface area contributed by atoms with Crippen molar-refractivity contribution in [1.29, 1.82) is 0 Å². The smallest absolute Gasteiger partial charge is 0.248 e. The summed E-state index contributed by atoms with van der Waals surface area (Å²) < 4.78 is 0. The molecule has 0 aromatic rings. The van der Waals surface area contributed by atoms with Crippen LogP contribution in [0, 0.1) is 0 Å². The number of hydrogen-bond donors (Lipinski definition) is 3. The third-order valence-electron chi connectivity index (χ3n) is 1.65. The molecule has 4 heteroatoms. The van der Waals surface area contributed by atoms with Crippen molar-refractivity contribution < 1.29 is 15.0 Å². The monoisotopic (exact) mass is 189 g/mol. The van der Waals surface area contributed by atoms with E-state index in [9.17, 15) is 4.79 Å². The van der Waals surface area contributed by atoms with E-state index in [0.29, 0.717) is 6.42 Å². The Labute approximate surface area is 79.0 Å². The van der Waals surface area contributed by atoms with Crippen LogP contribution in [0.25, 0.3) is 0 Å². The highest BCUT2D eigenvalue weighted by molar-refractivity contribution is 5.80. The molecule has 13 heavy (non-hydrogen) atoms. The van der Waals surface area contributed by atoms with Gasteiger partial charge in [0, 0.05) is 5.54 Å². The molecule has 2 atom stereocenters. The third-order valence-corrected chi connectivity index (χ3v) is 1.65. The van der Waals surface area contributed by atoms with Crippen LogP contribution in [-0.2, 0) is 4.79 Å². The van der Waals surface area contributed by atoms with Gasteiger partial charge < -0.3 is 15.5 Å². The van der Waals surface area contributed by atoms with Gasteiger partial charge in [0.25, 0.3) is 0 Å². The highest BCUT2D eigenvalue weighted by atomic mass is 16.3. The Morgan fingerprint density at radius 1 is 1.38 bits per heavy atom. The van der Waals surface area contributed by atoms with Gasteiger partial charge in [0.1, 0.15) is 6.10 Å². The van der Waals surface area contributed by atoms with Gasteiger partial charge in [-0.1, -0.05) is 0 Å². The summed E-state index contributed by atoms with van der Waals surface area (Å²) in [5.41, 5.74) is -0.484. The Hall–Kier alpha value is -0.610. The van der Waals surface area contributed by atoms with Gasteiger partial charge in [-0.3, -0.25) is 4.79 Å². The Morgan fingerprint density at radius 3 is 2.15 bits per heavy atom. The van der Waals surface area contributed by atoms with Gasteiger partial charge in [0.15, 0.2) is 0 Å². The molecule has 0 aliphatic heterocycles. The second-order valence-electron chi connectivity index (χ2n) is 4.10. The first-order valence-corrected chi connectivity index (χ1v) is 4.43. The Bertz CT molecular complexity index is 176. The number of aliphatic hydroxyl groups excluding tert-OH is 2. The molecule has 4 nitrogen and oxygen atoms in total. The third kappa shape index (κ3) is 5.60. The average molecular weight is 189 g/mol. The summed E-state index contributed by atoms with van der Waals surface area (Å²) in [7, 11) is 0. The minimum Gasteiger partial charge on any atom is -0.393 e. The molecule has 0 aliphatic rings. The van der Waals surface area contributed by atoms with E-state index < -0.39 is 23.7 Å². The van der Waals surface area contributed by atoms with Crippen LogP contribution in [0.3, 0.4) is 0 Å². The van der Waals surface area contributed by atoms with E-state index in [0.717, 1.165) is 0 Å². The fraction of sp³-hybridized carbons (Fsp3) is 0.889. The van der Waals surface area contributed by atoms with Crippen molar-refractivity contribution in [1.82, 2.24) is 5.32 Å². The van der Waals surface area contributed by atoms with E-state index in [-0.39, 0.29) is 0 Å². The molecule has 3 N–H and O–H groups in total. The maximum absolute atomic E-state index is 11.1. The number of rotatable bonds is 4. The molecular formula is C9H19NO3. The second-order valence-corrected chi connectivity index (χ2v) is 4.10. The van der Waals surface area contributed by atoms with E-state index in [4.69, 9.17) is 10.2 Å². The summed E-state index contributed by atoms with van der Waals surface area (Å²) >= 11 is 0. The largest absolute Gasteiger partial charge is 0.393 e. The van der Waals surface area contributed by atoms with Gasteiger partial charge in [0.05, 0.1) is 6.10 Å². The number of amides is 1. The van der Waals surface area contributed by atoms with Gasteiger partial charge in [0.2, 0.25) is 5.91 Å². The summed E-state index contributed by atoms with van der Waals surface area (Å²) in [5.74, 6) is -0.411. The first-order chi connectivity index (χ1) is 5.74. The Kier molecular flexibility index (Phi) is 4.36. The molecule has 0 heterocycles. The van der Waals surface area contributed by atoms with Crippen molar-refractivity contribution in [2.75, 3.05) is 0 Å². The van der Waals surface area contributed by atoms with Crippen LogP contribution in [-0.4, -0.2) is 33.9 Å². The molecular weight excluding hydrogens is 170 g/mol. The van der Waals surface area contributed by atoms with Gasteiger partial charge >= 0.3 is 0 Å². The van der Waals surface area contributed by atoms with Crippen molar-refractivity contribution in [3.63, 3.8) is 0 Å². The van der Waals surface area contributed by atoms with Gasteiger partial charge in [-0.15, -0.1) is 0 Å². The quantitative estimate of drug-likeness (QED) is 0.584. The van der Waals surface area contributed by atoms with Crippen LogP contribution in [0.15, 0.2) is 0 Å². The molecule has 0 bridgehead atoms. The van der Waals surface area contributed by atoms with E-state index in [1.54, 1.807) is 20.8 Å². The number of hydrogen-bond acceptors (Lipinski definition) is 3. The zero-order valence-electron chi connectivity index (χ0n) is 8.66. The fourth-order valence-corrected chi connectivity index (χ4v) is 1.23. The minimum atomic E-state index is -1.01. The van der Waals surface area contributed by atoms with Crippen molar-refractivity contribution in [3.8, 4) is 0 Å². The summed E-state index contributed by atoms with van der Waals surface area (Å²) in [6.45, 7) is 6.68. The SMILES string of the molecule is C[C@@H](O)CC(C)(C)NC(=O)[C@@H](C)O. The first kappa shape index (κ1) is 12.4. The summed E-state index contributed by atoms with van der Waals surface area (Å²) in [4.78, 5) is 11.1. The second kappa shape index (κ2) is 4.58. The average Bonchev–Trinajstić information content (AvgIpc) is 1.81. The summed E-state index contributed by atoms with van der Waals surface area (Å²) in [6, 6.07) is 0. The lowest BCUT2D eigenvalue weighted by molar-refractivity contribution is -0.130. The van der Waals surface area contributed by atoms with Crippen LogP contribution >= 0.6 is 0 Å². The zero-order chi connectivity index (χ0) is 10.6. The van der Waals surface area contributed by atoms with E-state index in [1.807, 2.05) is 0 Å². The zero-order valence-corrected chi connectivity index (χ0v) is 8.66. The van der Waals surface area contributed by atoms with E-state index in [2.05, 4.69) is 5.32 Å². The molecule has 0 rings (SSSR count). The van der Waals surface area contributed by atoms with Crippen molar-refractivity contribution >= 4 is 5.91 Å². The van der Waals surface area contributed by atoms with Crippen molar-refractivity contribution in [2.24, 2.45) is 0 Å². The topological polar surface area (TPSA) is 69.6 Å². The predicted molar refractivity (Wildman–Crippen MR) is 50.2 cm³/mol. The Morgan fingerprint density at radius 2 is 1.85 bits per heavy atom. The predicted octanol–water partition coefficient (Wildman–Crippen LogP) is 0.0329. The van der Waals surface area contributed by atoms with Crippen LogP contribution in [0.4, 0.5) is 0 Å². The molecule has 0 aliphatic carbocycles. The number of carbonyl (C=O) groups excluding carboxylic acids is 1. The number of aliphatic hydroxyl groups is 2. The lowest BCUT2D eigenvalue weighted by atomic mass is 9.97. The van der Waals surface area contributed by atoms with E-state index in [1.165, 1.54) is 6.92 Å². The first-order valence-electron chi connectivity index (χ1n) is 4.43. The van der Waals surface area contributed by atoms with Crippen molar-refractivity contribution in [3.05, 3.63) is 0 Å². The molecule has 0 saturated heterocycles. The molecule has 0 aromatic carbocycles. The lowest BCUT2D eigenvalue weighted by Crippen LogP contribution is -2.48. The van der Waals surface area contributed by atoms with Gasteiger partial charge in [-0.05, 0) is 34.1 Å². The number of nitrogens with one attached hydrogen (secondary N) is 1. The molecule has 0 unspecified atom stereocenters. The minimum absolute atomic E-state index is 0.411. The van der Waals surface area contributed by atoms with Crippen molar-refractivity contribution in [2.45, 2.75) is 51.9 Å². The molecule has 0 aromatic heterocycles. The fourth-order valence-electron chi connectivity index (χ4n) is 1.23. The summed E-state index contributed by atoms with van der Waals surface area (Å²) in [5, 5.41) is 20.7. The van der Waals surface area contributed by atoms with Crippen LogP contribution < -0.4 is 5.32 Å². The van der Waals surface area contributed by atoms with Crippen LogP contribution in [0.2, 0.25) is 0 Å². The molecule has 0 spiro atoms. The molecule has 78 valence electrons. The summed E-state index contributed by atoms with van der Waals surface area (Å²) in [6.07, 6.45) is -1.01. The normalized spacial score (nSPS) is 16.5.